The zero-order chi connectivity index (χ0) is 12.3. The Balaban J connectivity index is 2.28. The van der Waals surface area contributed by atoms with Crippen LogP contribution in [0.25, 0.3) is 6.20 Å². The van der Waals surface area contributed by atoms with E-state index >= 15 is 0 Å². The number of ether oxygens (including phenoxy) is 1. The Labute approximate surface area is 110 Å². The summed E-state index contributed by atoms with van der Waals surface area (Å²) in [6.07, 6.45) is 4.00. The molecule has 0 aliphatic carbocycles. The largest absolute Gasteiger partial charge is 0.339 e. The number of hydrogen-bond acceptors (Lipinski definition) is 4. The SMILES string of the molecule is CCCOC1N=c2sc(Cl)cc2=CN1CCC. The van der Waals surface area contributed by atoms with Crippen LogP contribution in [-0.2, 0) is 4.74 Å². The molecule has 2 heterocycles. The maximum Gasteiger partial charge on any atom is 0.229 e. The van der Waals surface area contributed by atoms with Crippen molar-refractivity contribution >= 4 is 29.1 Å². The van der Waals surface area contributed by atoms with Gasteiger partial charge in [-0.3, -0.25) is 0 Å². The van der Waals surface area contributed by atoms with E-state index in [9.17, 15) is 0 Å². The predicted molar refractivity (Wildman–Crippen MR) is 71.6 cm³/mol. The van der Waals surface area contributed by atoms with Gasteiger partial charge in [0.05, 0.1) is 10.9 Å². The van der Waals surface area contributed by atoms with Gasteiger partial charge in [0, 0.05) is 18.0 Å². The predicted octanol–water partition coefficient (Wildman–Crippen LogP) is 2.19. The highest BCUT2D eigenvalue weighted by Gasteiger charge is 2.17. The topological polar surface area (TPSA) is 24.8 Å². The molecule has 0 saturated carbocycles. The number of thiophene rings is 1. The first-order valence-corrected chi connectivity index (χ1v) is 7.16. The van der Waals surface area contributed by atoms with Crippen molar-refractivity contribution < 1.29 is 4.74 Å². The molecular formula is C12H17ClN2OS. The highest BCUT2D eigenvalue weighted by Crippen LogP contribution is 2.13. The summed E-state index contributed by atoms with van der Waals surface area (Å²) >= 11 is 7.52. The van der Waals surface area contributed by atoms with Crippen LogP contribution in [0.1, 0.15) is 26.7 Å². The molecule has 1 aromatic heterocycles. The molecular weight excluding hydrogens is 256 g/mol. The van der Waals surface area contributed by atoms with Crippen molar-refractivity contribution in [3.63, 3.8) is 0 Å². The van der Waals surface area contributed by atoms with Gasteiger partial charge in [0.1, 0.15) is 4.67 Å². The van der Waals surface area contributed by atoms with Gasteiger partial charge in [0.25, 0.3) is 0 Å². The van der Waals surface area contributed by atoms with Crippen molar-refractivity contribution in [2.45, 2.75) is 33.0 Å². The molecule has 17 heavy (non-hydrogen) atoms. The van der Waals surface area contributed by atoms with Crippen molar-refractivity contribution in [2.24, 2.45) is 4.99 Å². The van der Waals surface area contributed by atoms with Crippen LogP contribution < -0.4 is 9.89 Å². The minimum atomic E-state index is -0.183. The normalized spacial score (nSPS) is 18.5. The van der Waals surface area contributed by atoms with E-state index in [2.05, 4.69) is 29.9 Å². The van der Waals surface area contributed by atoms with Crippen LogP contribution in [0, 0.1) is 0 Å². The molecule has 94 valence electrons. The van der Waals surface area contributed by atoms with Crippen molar-refractivity contribution in [1.82, 2.24) is 4.90 Å². The van der Waals surface area contributed by atoms with Gasteiger partial charge in [-0.25, -0.2) is 4.99 Å². The fourth-order valence-electron chi connectivity index (χ4n) is 1.76. The van der Waals surface area contributed by atoms with Gasteiger partial charge < -0.3 is 9.64 Å². The van der Waals surface area contributed by atoms with E-state index in [4.69, 9.17) is 16.3 Å². The van der Waals surface area contributed by atoms with Crippen LogP contribution in [0.5, 0.6) is 0 Å². The van der Waals surface area contributed by atoms with Crippen LogP contribution >= 0.6 is 22.9 Å². The molecule has 3 nitrogen and oxygen atoms in total. The maximum absolute atomic E-state index is 6.01. The zero-order valence-corrected chi connectivity index (χ0v) is 11.7. The van der Waals surface area contributed by atoms with E-state index in [1.165, 1.54) is 11.3 Å². The average Bonchev–Trinajstić information content (AvgIpc) is 2.65. The van der Waals surface area contributed by atoms with Gasteiger partial charge in [0.15, 0.2) is 0 Å². The number of hydrogen-bond donors (Lipinski definition) is 0. The van der Waals surface area contributed by atoms with Crippen molar-refractivity contribution in [1.29, 1.82) is 0 Å². The molecule has 5 heteroatoms. The number of rotatable bonds is 5. The Kier molecular flexibility index (Phi) is 4.42. The second-order valence-electron chi connectivity index (χ2n) is 4.00. The molecule has 1 aliphatic heterocycles. The summed E-state index contributed by atoms with van der Waals surface area (Å²) in [7, 11) is 0. The van der Waals surface area contributed by atoms with E-state index in [1.54, 1.807) is 0 Å². The molecule has 1 aliphatic rings. The molecule has 2 rings (SSSR count). The first kappa shape index (κ1) is 12.9. The van der Waals surface area contributed by atoms with Crippen molar-refractivity contribution in [3.05, 3.63) is 20.3 Å². The third-order valence-electron chi connectivity index (χ3n) is 2.48. The molecule has 0 saturated heterocycles. The first-order valence-electron chi connectivity index (χ1n) is 5.97. The molecule has 0 N–H and O–H groups in total. The average molecular weight is 273 g/mol. The van der Waals surface area contributed by atoms with Crippen LogP contribution in [-0.4, -0.2) is 24.4 Å². The summed E-state index contributed by atoms with van der Waals surface area (Å²) in [6.45, 7) is 5.94. The van der Waals surface area contributed by atoms with Crippen LogP contribution in [0.4, 0.5) is 0 Å². The summed E-state index contributed by atoms with van der Waals surface area (Å²) in [5.74, 6) is 0. The molecule has 1 unspecified atom stereocenters. The van der Waals surface area contributed by atoms with Crippen molar-refractivity contribution in [3.8, 4) is 0 Å². The fourth-order valence-corrected chi connectivity index (χ4v) is 2.84. The minimum absolute atomic E-state index is 0.183. The fraction of sp³-hybridized carbons (Fsp3) is 0.583. The summed E-state index contributed by atoms with van der Waals surface area (Å²) in [4.78, 5) is 6.75. The lowest BCUT2D eigenvalue weighted by Crippen LogP contribution is -2.41. The Bertz CT molecular complexity index is 485. The molecule has 0 bridgehead atoms. The Hall–Kier alpha value is -0.580. The molecule has 1 atom stereocenters. The van der Waals surface area contributed by atoms with Gasteiger partial charge >= 0.3 is 0 Å². The molecule has 0 fully saturated rings. The third-order valence-corrected chi connectivity index (χ3v) is 3.67. The Morgan fingerprint density at radius 2 is 2.29 bits per heavy atom. The van der Waals surface area contributed by atoms with Gasteiger partial charge in [-0.2, -0.15) is 0 Å². The molecule has 1 aromatic rings. The second kappa shape index (κ2) is 5.85. The molecule has 0 spiro atoms. The van der Waals surface area contributed by atoms with Crippen LogP contribution in [0.15, 0.2) is 11.1 Å². The first-order chi connectivity index (χ1) is 8.24. The van der Waals surface area contributed by atoms with Gasteiger partial charge in [-0.1, -0.05) is 25.4 Å². The number of nitrogens with zero attached hydrogens (tertiary/aromatic N) is 2. The summed E-state index contributed by atoms with van der Waals surface area (Å²) < 4.78 is 7.51. The van der Waals surface area contributed by atoms with E-state index in [1.807, 2.05) is 6.07 Å². The van der Waals surface area contributed by atoms with Crippen LogP contribution in [0.2, 0.25) is 4.34 Å². The van der Waals surface area contributed by atoms with Gasteiger partial charge in [0.2, 0.25) is 6.35 Å². The maximum atomic E-state index is 6.01. The van der Waals surface area contributed by atoms with Crippen LogP contribution in [0.3, 0.4) is 0 Å². The second-order valence-corrected chi connectivity index (χ2v) is 5.67. The number of halogens is 1. The minimum Gasteiger partial charge on any atom is -0.339 e. The molecule has 0 amide bonds. The quantitative estimate of drug-likeness (QED) is 0.821. The van der Waals surface area contributed by atoms with Gasteiger partial charge in [-0.15, -0.1) is 11.3 Å². The lowest BCUT2D eigenvalue weighted by atomic mass is 10.4. The number of fused-ring (bicyclic) bond motifs is 1. The Morgan fingerprint density at radius 3 is 3.00 bits per heavy atom. The van der Waals surface area contributed by atoms with E-state index < -0.39 is 0 Å². The highest BCUT2D eigenvalue weighted by atomic mass is 35.5. The molecule has 0 aromatic carbocycles. The van der Waals surface area contributed by atoms with Crippen molar-refractivity contribution in [2.75, 3.05) is 13.2 Å². The Morgan fingerprint density at radius 1 is 1.47 bits per heavy atom. The standard InChI is InChI=1S/C12H17ClN2OS/c1-3-5-15-8-9-7-10(13)17-11(9)14-12(15)16-6-4-2/h7-8,12H,3-6H2,1-2H3. The van der Waals surface area contributed by atoms with Gasteiger partial charge in [-0.05, 0) is 18.9 Å². The highest BCUT2D eigenvalue weighted by molar-refractivity contribution is 7.13. The summed E-state index contributed by atoms with van der Waals surface area (Å²) in [5.41, 5.74) is 0. The lowest BCUT2D eigenvalue weighted by molar-refractivity contribution is -0.0260. The van der Waals surface area contributed by atoms with E-state index in [0.717, 1.165) is 40.2 Å². The monoisotopic (exact) mass is 272 g/mol. The summed E-state index contributed by atoms with van der Waals surface area (Å²) in [5, 5.41) is 1.10. The zero-order valence-electron chi connectivity index (χ0n) is 10.1. The smallest absolute Gasteiger partial charge is 0.229 e. The lowest BCUT2D eigenvalue weighted by Gasteiger charge is -2.28. The van der Waals surface area contributed by atoms with E-state index in [-0.39, 0.29) is 6.35 Å². The summed E-state index contributed by atoms with van der Waals surface area (Å²) in [6, 6.07) is 1.96. The van der Waals surface area contributed by atoms with E-state index in [0.29, 0.717) is 0 Å². The molecule has 0 radical (unpaired) electrons. The third kappa shape index (κ3) is 3.00.